The summed E-state index contributed by atoms with van der Waals surface area (Å²) in [5.74, 6) is 1.52. The Morgan fingerprint density at radius 2 is 2.25 bits per heavy atom. The van der Waals surface area contributed by atoms with Crippen LogP contribution in [0.25, 0.3) is 0 Å². The fourth-order valence-corrected chi connectivity index (χ4v) is 4.21. The first-order valence-electron chi connectivity index (χ1n) is 7.50. The molecule has 2 aliphatic carbocycles. The fraction of sp³-hybridized carbons (Fsp3) is 0.688. The van der Waals surface area contributed by atoms with Crippen LogP contribution < -0.4 is 10.6 Å². The van der Waals surface area contributed by atoms with Crippen LogP contribution in [0.4, 0.5) is 4.79 Å². The minimum absolute atomic E-state index is 0.0871. The minimum Gasteiger partial charge on any atom is -0.467 e. The largest absolute Gasteiger partial charge is 0.467 e. The molecule has 3 atom stereocenters. The molecule has 2 bridgehead atoms. The number of hydrogen-bond acceptors (Lipinski definition) is 2. The zero-order valence-electron chi connectivity index (χ0n) is 12.5. The molecule has 0 unspecified atom stereocenters. The van der Waals surface area contributed by atoms with Gasteiger partial charge in [-0.3, -0.25) is 0 Å². The smallest absolute Gasteiger partial charge is 0.315 e. The molecule has 1 heterocycles. The van der Waals surface area contributed by atoms with Crippen LogP contribution in [0, 0.1) is 16.7 Å². The number of carbonyl (C=O) groups excluding carboxylic acids is 1. The molecule has 0 spiro atoms. The zero-order valence-corrected chi connectivity index (χ0v) is 12.5. The Morgan fingerprint density at radius 1 is 1.45 bits per heavy atom. The highest BCUT2D eigenvalue weighted by Gasteiger charge is 2.61. The van der Waals surface area contributed by atoms with Gasteiger partial charge in [0.2, 0.25) is 0 Å². The highest BCUT2D eigenvalue weighted by atomic mass is 16.3. The number of urea groups is 1. The van der Waals surface area contributed by atoms with Crippen molar-refractivity contribution in [2.45, 2.75) is 52.6 Å². The van der Waals surface area contributed by atoms with Gasteiger partial charge in [-0.15, -0.1) is 0 Å². The van der Waals surface area contributed by atoms with E-state index in [0.717, 1.165) is 18.1 Å². The number of furan rings is 1. The molecule has 4 heteroatoms. The van der Waals surface area contributed by atoms with Crippen LogP contribution in [0.1, 0.15) is 45.8 Å². The predicted molar refractivity (Wildman–Crippen MR) is 77.1 cm³/mol. The second kappa shape index (κ2) is 4.54. The number of amides is 2. The van der Waals surface area contributed by atoms with Crippen LogP contribution in [0.3, 0.4) is 0 Å². The molecule has 0 aliphatic heterocycles. The quantitative estimate of drug-likeness (QED) is 0.890. The van der Waals surface area contributed by atoms with Crippen molar-refractivity contribution in [3.05, 3.63) is 24.2 Å². The number of carbonyl (C=O) groups is 1. The summed E-state index contributed by atoms with van der Waals surface area (Å²) < 4.78 is 5.21. The van der Waals surface area contributed by atoms with Crippen LogP contribution >= 0.6 is 0 Å². The van der Waals surface area contributed by atoms with E-state index in [-0.39, 0.29) is 17.5 Å². The lowest BCUT2D eigenvalue weighted by molar-refractivity contribution is 0.123. The first-order chi connectivity index (χ1) is 9.43. The Labute approximate surface area is 120 Å². The number of fused-ring (bicyclic) bond motifs is 2. The van der Waals surface area contributed by atoms with Gasteiger partial charge in [0, 0.05) is 6.04 Å². The lowest BCUT2D eigenvalue weighted by Crippen LogP contribution is -2.49. The van der Waals surface area contributed by atoms with Gasteiger partial charge in [-0.2, -0.15) is 0 Å². The van der Waals surface area contributed by atoms with E-state index in [0.29, 0.717) is 12.0 Å². The van der Waals surface area contributed by atoms with Gasteiger partial charge in [-0.25, -0.2) is 4.79 Å². The highest BCUT2D eigenvalue weighted by molar-refractivity contribution is 5.74. The predicted octanol–water partition coefficient (Wildman–Crippen LogP) is 3.29. The molecule has 0 aromatic carbocycles. The fourth-order valence-electron chi connectivity index (χ4n) is 4.21. The van der Waals surface area contributed by atoms with Crippen molar-refractivity contribution in [2.75, 3.05) is 0 Å². The first kappa shape index (κ1) is 13.5. The van der Waals surface area contributed by atoms with Crippen LogP contribution in [0.2, 0.25) is 0 Å². The summed E-state index contributed by atoms with van der Waals surface area (Å²) in [5, 5.41) is 6.05. The minimum atomic E-state index is -0.0871. The summed E-state index contributed by atoms with van der Waals surface area (Å²) >= 11 is 0. The molecule has 2 aliphatic rings. The molecule has 110 valence electrons. The molecular formula is C16H24N2O2. The maximum Gasteiger partial charge on any atom is 0.315 e. The van der Waals surface area contributed by atoms with Gasteiger partial charge < -0.3 is 15.1 Å². The molecule has 2 saturated carbocycles. The normalized spacial score (nSPS) is 34.1. The molecule has 20 heavy (non-hydrogen) atoms. The van der Waals surface area contributed by atoms with Crippen molar-refractivity contribution in [2.24, 2.45) is 16.7 Å². The molecule has 2 N–H and O–H groups in total. The van der Waals surface area contributed by atoms with Gasteiger partial charge in [0.1, 0.15) is 5.76 Å². The van der Waals surface area contributed by atoms with Crippen LogP contribution in [-0.4, -0.2) is 12.1 Å². The molecule has 1 aromatic rings. The summed E-state index contributed by atoms with van der Waals surface area (Å²) in [4.78, 5) is 12.1. The van der Waals surface area contributed by atoms with Gasteiger partial charge in [-0.1, -0.05) is 20.8 Å². The molecular weight excluding hydrogens is 252 g/mol. The molecule has 0 saturated heterocycles. The molecule has 2 fully saturated rings. The zero-order chi connectivity index (χ0) is 14.4. The second-order valence-corrected chi connectivity index (χ2v) is 7.07. The maximum atomic E-state index is 12.1. The third kappa shape index (κ3) is 1.93. The maximum absolute atomic E-state index is 12.1. The Kier molecular flexibility index (Phi) is 3.07. The van der Waals surface area contributed by atoms with Crippen molar-refractivity contribution in [1.82, 2.24) is 10.6 Å². The number of hydrogen-bond donors (Lipinski definition) is 2. The third-order valence-electron chi connectivity index (χ3n) is 6.10. The molecule has 1 aromatic heterocycles. The second-order valence-electron chi connectivity index (χ2n) is 7.07. The standard InChI is InChI=1S/C16H24N2O2/c1-15(2)11-6-7-16(15,3)13(9-11)18-14(19)17-10-12-5-4-8-20-12/h4-5,8,11,13H,6-7,9-10H2,1-3H3,(H2,17,18,19)/t11-,13+,16-/m0/s1. The van der Waals surface area contributed by atoms with E-state index in [1.165, 1.54) is 12.8 Å². The van der Waals surface area contributed by atoms with Crippen molar-refractivity contribution in [3.63, 3.8) is 0 Å². The van der Waals surface area contributed by atoms with Gasteiger partial charge >= 0.3 is 6.03 Å². The van der Waals surface area contributed by atoms with E-state index >= 15 is 0 Å². The van der Waals surface area contributed by atoms with Crippen LogP contribution in [0.15, 0.2) is 22.8 Å². The van der Waals surface area contributed by atoms with Crippen molar-refractivity contribution in [1.29, 1.82) is 0 Å². The van der Waals surface area contributed by atoms with Gasteiger partial charge in [0.05, 0.1) is 12.8 Å². The first-order valence-corrected chi connectivity index (χ1v) is 7.50. The molecule has 2 amide bonds. The number of rotatable bonds is 3. The summed E-state index contributed by atoms with van der Waals surface area (Å²) in [6.45, 7) is 7.48. The van der Waals surface area contributed by atoms with E-state index in [4.69, 9.17) is 4.42 Å². The van der Waals surface area contributed by atoms with E-state index < -0.39 is 0 Å². The van der Waals surface area contributed by atoms with E-state index in [1.54, 1.807) is 6.26 Å². The van der Waals surface area contributed by atoms with Crippen molar-refractivity contribution in [3.8, 4) is 0 Å². The molecule has 3 rings (SSSR count). The van der Waals surface area contributed by atoms with Crippen LogP contribution in [-0.2, 0) is 6.54 Å². The Hall–Kier alpha value is -1.45. The van der Waals surface area contributed by atoms with Crippen LogP contribution in [0.5, 0.6) is 0 Å². The van der Waals surface area contributed by atoms with Crippen molar-refractivity contribution < 1.29 is 9.21 Å². The van der Waals surface area contributed by atoms with E-state index in [2.05, 4.69) is 31.4 Å². The topological polar surface area (TPSA) is 54.3 Å². The van der Waals surface area contributed by atoms with E-state index in [9.17, 15) is 4.79 Å². The highest BCUT2D eigenvalue weighted by Crippen LogP contribution is 2.65. The monoisotopic (exact) mass is 276 g/mol. The Bertz CT molecular complexity index is 495. The Morgan fingerprint density at radius 3 is 2.80 bits per heavy atom. The average molecular weight is 276 g/mol. The molecule has 0 radical (unpaired) electrons. The SMILES string of the molecule is CC1(C)[C@H]2CC[C@@]1(C)[C@H](NC(=O)NCc1ccco1)C2. The lowest BCUT2D eigenvalue weighted by atomic mass is 9.69. The summed E-state index contributed by atoms with van der Waals surface area (Å²) in [6.07, 6.45) is 5.25. The van der Waals surface area contributed by atoms with Gasteiger partial charge in [0.25, 0.3) is 0 Å². The lowest BCUT2D eigenvalue weighted by Gasteiger charge is -2.39. The van der Waals surface area contributed by atoms with E-state index in [1.807, 2.05) is 12.1 Å². The van der Waals surface area contributed by atoms with Gasteiger partial charge in [0.15, 0.2) is 0 Å². The Balaban J connectivity index is 1.58. The summed E-state index contributed by atoms with van der Waals surface area (Å²) in [7, 11) is 0. The molecule has 4 nitrogen and oxygen atoms in total. The third-order valence-corrected chi connectivity index (χ3v) is 6.10. The van der Waals surface area contributed by atoms with Crippen molar-refractivity contribution >= 4 is 6.03 Å². The number of nitrogens with one attached hydrogen (secondary N) is 2. The summed E-state index contributed by atoms with van der Waals surface area (Å²) in [6, 6.07) is 3.89. The average Bonchev–Trinajstić information content (AvgIpc) is 3.02. The summed E-state index contributed by atoms with van der Waals surface area (Å²) in [5.41, 5.74) is 0.547. The van der Waals surface area contributed by atoms with Gasteiger partial charge in [-0.05, 0) is 48.1 Å².